The van der Waals surface area contributed by atoms with Crippen LogP contribution in [0.3, 0.4) is 0 Å². The summed E-state index contributed by atoms with van der Waals surface area (Å²) >= 11 is 0. The van der Waals surface area contributed by atoms with Crippen LogP contribution in [0.2, 0.25) is 0 Å². The van der Waals surface area contributed by atoms with Crippen molar-refractivity contribution in [2.45, 2.75) is 418 Å². The molecule has 0 aliphatic carbocycles. The third kappa shape index (κ3) is 70.5. The third-order valence-corrected chi connectivity index (χ3v) is 17.5. The van der Waals surface area contributed by atoms with Gasteiger partial charge in [0.05, 0.1) is 25.4 Å². The SMILES string of the molecule is CCCCC/C=C\C/C=C\CCCCCCCCCCCC(=O)OCCCCCCCCCCC/C=C\C/C=C\CCCCCCCCCCCCCCCCCC(=O)NC(CO)C(O)/C=C/CCCCCCCCCCCCCCCCCC. The zero-order chi connectivity index (χ0) is 61.3. The summed E-state index contributed by atoms with van der Waals surface area (Å²) in [5, 5.41) is 23.2. The van der Waals surface area contributed by atoms with Crippen LogP contribution in [0.5, 0.6) is 0 Å². The summed E-state index contributed by atoms with van der Waals surface area (Å²) in [4.78, 5) is 24.6. The smallest absolute Gasteiger partial charge is 0.305 e. The van der Waals surface area contributed by atoms with Crippen LogP contribution in [0.15, 0.2) is 60.8 Å². The van der Waals surface area contributed by atoms with E-state index in [0.717, 1.165) is 57.8 Å². The van der Waals surface area contributed by atoms with Crippen LogP contribution in [-0.4, -0.2) is 47.4 Å². The molecule has 0 bridgehead atoms. The summed E-state index contributed by atoms with van der Waals surface area (Å²) in [7, 11) is 0. The van der Waals surface area contributed by atoms with E-state index in [2.05, 4.69) is 67.8 Å². The van der Waals surface area contributed by atoms with Gasteiger partial charge in [-0.05, 0) is 96.3 Å². The van der Waals surface area contributed by atoms with Gasteiger partial charge in [0, 0.05) is 12.8 Å². The van der Waals surface area contributed by atoms with E-state index < -0.39 is 12.1 Å². The maximum Gasteiger partial charge on any atom is 0.305 e. The first-order valence-electron chi connectivity index (χ1n) is 38.1. The Kier molecular flexibility index (Phi) is 71.9. The normalized spacial score (nSPS) is 12.8. The van der Waals surface area contributed by atoms with E-state index in [9.17, 15) is 19.8 Å². The quantitative estimate of drug-likeness (QED) is 0.0320. The monoisotopic (exact) mass is 1190 g/mol. The lowest BCUT2D eigenvalue weighted by Gasteiger charge is -2.20. The Morgan fingerprint density at radius 1 is 0.329 bits per heavy atom. The lowest BCUT2D eigenvalue weighted by Crippen LogP contribution is -2.45. The van der Waals surface area contributed by atoms with E-state index in [0.29, 0.717) is 19.4 Å². The highest BCUT2D eigenvalue weighted by Gasteiger charge is 2.18. The predicted octanol–water partition coefficient (Wildman–Crippen LogP) is 25.0. The van der Waals surface area contributed by atoms with Crippen molar-refractivity contribution in [2.75, 3.05) is 13.2 Å². The van der Waals surface area contributed by atoms with Crippen LogP contribution >= 0.6 is 0 Å². The molecule has 0 radical (unpaired) electrons. The Balaban J connectivity index is 3.41. The Labute approximate surface area is 530 Å². The standard InChI is InChI=1S/C79H147NO5/c1-3-5-7-9-11-13-15-17-19-21-36-41-45-49-53-57-61-65-69-73-79(84)85-74-70-66-62-58-54-50-46-42-38-35-33-31-29-27-25-23-24-26-28-30-32-34-37-40-44-48-52-56-60-64-68-72-78(83)80-76(75-81)77(82)71-67-63-59-55-51-47-43-39-22-20-18-16-14-12-10-8-6-4-2/h11,13,17,19,25,27,31,33,67,71,76-77,81-82H,3-10,12,14-16,18,20-24,26,28-30,32,34-66,68-70,72-75H2,1-2H3,(H,80,83)/b13-11-,19-17-,27-25-,33-31-,71-67+. The molecule has 0 aromatic heterocycles. The van der Waals surface area contributed by atoms with Crippen LogP contribution in [-0.2, 0) is 14.3 Å². The predicted molar refractivity (Wildman–Crippen MR) is 375 cm³/mol. The molecule has 0 aromatic carbocycles. The molecule has 6 heteroatoms. The van der Waals surface area contributed by atoms with E-state index in [1.54, 1.807) is 6.08 Å². The minimum Gasteiger partial charge on any atom is -0.466 e. The Hall–Kier alpha value is -2.44. The zero-order valence-electron chi connectivity index (χ0n) is 57.1. The number of ether oxygens (including phenoxy) is 1. The fraction of sp³-hybridized carbons (Fsp3) is 0.848. The summed E-state index contributed by atoms with van der Waals surface area (Å²) in [5.74, 6) is -0.0554. The molecule has 0 saturated heterocycles. The number of amides is 1. The molecule has 0 aliphatic rings. The van der Waals surface area contributed by atoms with Crippen LogP contribution in [0.25, 0.3) is 0 Å². The number of carbonyl (C=O) groups excluding carboxylic acids is 2. The van der Waals surface area contributed by atoms with E-state index in [1.807, 2.05) is 6.08 Å². The number of unbranched alkanes of at least 4 members (excludes halogenated alkanes) is 52. The minimum atomic E-state index is -0.846. The minimum absolute atomic E-state index is 0.00924. The number of hydrogen-bond donors (Lipinski definition) is 3. The van der Waals surface area contributed by atoms with Crippen molar-refractivity contribution < 1.29 is 24.5 Å². The molecule has 0 fully saturated rings. The number of hydrogen-bond acceptors (Lipinski definition) is 5. The van der Waals surface area contributed by atoms with Gasteiger partial charge in [-0.3, -0.25) is 9.59 Å². The lowest BCUT2D eigenvalue weighted by atomic mass is 10.0. The second-order valence-corrected chi connectivity index (χ2v) is 26.0. The van der Waals surface area contributed by atoms with Gasteiger partial charge in [-0.1, -0.05) is 357 Å². The number of rotatable bonds is 71. The number of aliphatic hydroxyl groups is 2. The molecule has 0 heterocycles. The van der Waals surface area contributed by atoms with Gasteiger partial charge in [0.2, 0.25) is 5.91 Å². The first-order valence-corrected chi connectivity index (χ1v) is 38.1. The number of esters is 1. The van der Waals surface area contributed by atoms with Crippen molar-refractivity contribution >= 4 is 11.9 Å². The molecule has 2 atom stereocenters. The summed E-state index contributed by atoms with van der Waals surface area (Å²) < 4.78 is 5.51. The second kappa shape index (κ2) is 74.0. The Morgan fingerprint density at radius 2 is 0.588 bits per heavy atom. The number of nitrogens with one attached hydrogen (secondary N) is 1. The van der Waals surface area contributed by atoms with Gasteiger partial charge in [-0.2, -0.15) is 0 Å². The number of allylic oxidation sites excluding steroid dienone is 9. The lowest BCUT2D eigenvalue weighted by molar-refractivity contribution is -0.143. The molecule has 0 spiro atoms. The highest BCUT2D eigenvalue weighted by Crippen LogP contribution is 2.18. The highest BCUT2D eigenvalue weighted by molar-refractivity contribution is 5.76. The molecule has 85 heavy (non-hydrogen) atoms. The van der Waals surface area contributed by atoms with E-state index in [-0.39, 0.29) is 18.5 Å². The van der Waals surface area contributed by atoms with Crippen LogP contribution in [0.1, 0.15) is 406 Å². The molecule has 2 unspecified atom stereocenters. The summed E-state index contributed by atoms with van der Waals surface area (Å²) in [6, 6.07) is -0.629. The van der Waals surface area contributed by atoms with Crippen LogP contribution < -0.4 is 5.32 Å². The molecule has 0 aromatic rings. The van der Waals surface area contributed by atoms with Crippen molar-refractivity contribution in [1.29, 1.82) is 0 Å². The van der Waals surface area contributed by atoms with Crippen molar-refractivity contribution in [3.63, 3.8) is 0 Å². The molecule has 0 aliphatic heterocycles. The van der Waals surface area contributed by atoms with Crippen molar-refractivity contribution in [3.8, 4) is 0 Å². The summed E-state index contributed by atoms with van der Waals surface area (Å²) in [5.41, 5.74) is 0. The van der Waals surface area contributed by atoms with E-state index in [4.69, 9.17) is 4.74 Å². The van der Waals surface area contributed by atoms with E-state index >= 15 is 0 Å². The fourth-order valence-electron chi connectivity index (χ4n) is 11.7. The maximum atomic E-state index is 12.5. The molecule has 0 rings (SSSR count). The number of aliphatic hydroxyl groups excluding tert-OH is 2. The van der Waals surface area contributed by atoms with Gasteiger partial charge >= 0.3 is 5.97 Å². The van der Waals surface area contributed by atoms with Crippen molar-refractivity contribution in [2.24, 2.45) is 0 Å². The van der Waals surface area contributed by atoms with Crippen LogP contribution in [0, 0.1) is 0 Å². The molecule has 498 valence electrons. The van der Waals surface area contributed by atoms with Gasteiger partial charge < -0.3 is 20.3 Å². The van der Waals surface area contributed by atoms with Crippen molar-refractivity contribution in [1.82, 2.24) is 5.32 Å². The van der Waals surface area contributed by atoms with Crippen molar-refractivity contribution in [3.05, 3.63) is 60.8 Å². The molecule has 6 nitrogen and oxygen atoms in total. The summed E-state index contributed by atoms with van der Waals surface area (Å²) in [6.45, 7) is 4.91. The van der Waals surface area contributed by atoms with Gasteiger partial charge in [0.25, 0.3) is 0 Å². The molecule has 1 amide bonds. The molecular weight excluding hydrogens is 1040 g/mol. The Morgan fingerprint density at radius 3 is 0.918 bits per heavy atom. The molecule has 0 saturated carbocycles. The highest BCUT2D eigenvalue weighted by atomic mass is 16.5. The Bertz CT molecular complexity index is 1470. The molecular formula is C79H147NO5. The van der Waals surface area contributed by atoms with Gasteiger partial charge in [-0.25, -0.2) is 0 Å². The third-order valence-electron chi connectivity index (χ3n) is 17.5. The summed E-state index contributed by atoms with van der Waals surface area (Å²) in [6.07, 6.45) is 98.9. The van der Waals surface area contributed by atoms with Gasteiger partial charge in [0.1, 0.15) is 0 Å². The largest absolute Gasteiger partial charge is 0.466 e. The molecule has 3 N–H and O–H groups in total. The first kappa shape index (κ1) is 82.6. The zero-order valence-corrected chi connectivity index (χ0v) is 57.1. The van der Waals surface area contributed by atoms with Crippen LogP contribution in [0.4, 0.5) is 0 Å². The van der Waals surface area contributed by atoms with Gasteiger partial charge in [-0.15, -0.1) is 0 Å². The topological polar surface area (TPSA) is 95.9 Å². The second-order valence-electron chi connectivity index (χ2n) is 26.0. The first-order chi connectivity index (χ1) is 42.0. The average Bonchev–Trinajstić information content (AvgIpc) is 3.51. The van der Waals surface area contributed by atoms with Gasteiger partial charge in [0.15, 0.2) is 0 Å². The average molecular weight is 1190 g/mol. The number of carbonyl (C=O) groups is 2. The van der Waals surface area contributed by atoms with E-state index in [1.165, 1.54) is 321 Å². The fourth-order valence-corrected chi connectivity index (χ4v) is 11.7. The maximum absolute atomic E-state index is 12.5.